The van der Waals surface area contributed by atoms with Gasteiger partial charge in [-0.1, -0.05) is 13.0 Å². The molecule has 4 rings (SSSR count). The molecule has 0 unspecified atom stereocenters. The number of piperazine rings is 1. The summed E-state index contributed by atoms with van der Waals surface area (Å²) in [6.45, 7) is 7.87. The van der Waals surface area contributed by atoms with Gasteiger partial charge in [-0.2, -0.15) is 5.26 Å². The number of carbonyl (C=O) groups is 1. The molecule has 11 heteroatoms. The lowest BCUT2D eigenvalue weighted by Gasteiger charge is -2.35. The molecule has 0 aromatic carbocycles. The fourth-order valence-electron chi connectivity index (χ4n) is 4.41. The van der Waals surface area contributed by atoms with Crippen LogP contribution in [0.3, 0.4) is 0 Å². The van der Waals surface area contributed by atoms with Crippen molar-refractivity contribution in [1.82, 2.24) is 19.6 Å². The number of aromatic nitrogens is 2. The molecule has 2 saturated heterocycles. The zero-order valence-corrected chi connectivity index (χ0v) is 20.1. The van der Waals surface area contributed by atoms with E-state index in [0.29, 0.717) is 31.0 Å². The van der Waals surface area contributed by atoms with Gasteiger partial charge in [0.05, 0.1) is 17.1 Å². The molecule has 0 aliphatic carbocycles. The number of likely N-dealkylation sites (N-methyl/N-ethyl adjacent to an activating group) is 1. The maximum Gasteiger partial charge on any atom is 0.267 e. The van der Waals surface area contributed by atoms with Crippen molar-refractivity contribution >= 4 is 33.3 Å². The van der Waals surface area contributed by atoms with E-state index >= 15 is 0 Å². The molecular weight excluding hydrogens is 456 g/mol. The van der Waals surface area contributed by atoms with Crippen LogP contribution in [0.2, 0.25) is 0 Å². The number of amides is 1. The highest BCUT2D eigenvalue weighted by Crippen LogP contribution is 2.22. The number of rotatable bonds is 5. The van der Waals surface area contributed by atoms with Gasteiger partial charge in [-0.05, 0) is 37.6 Å². The Balaban J connectivity index is 1.76. The molecule has 1 atom stereocenters. The van der Waals surface area contributed by atoms with Crippen molar-refractivity contribution in [2.45, 2.75) is 26.3 Å². The van der Waals surface area contributed by atoms with Crippen molar-refractivity contribution in [3.63, 3.8) is 0 Å². The first-order valence-electron chi connectivity index (χ1n) is 11.3. The topological polar surface area (TPSA) is 128 Å². The normalized spacial score (nSPS) is 20.9. The molecule has 0 radical (unpaired) electrons. The van der Waals surface area contributed by atoms with E-state index in [-0.39, 0.29) is 28.2 Å². The molecule has 1 N–H and O–H groups in total. The van der Waals surface area contributed by atoms with Gasteiger partial charge in [0.15, 0.2) is 9.84 Å². The molecule has 2 aliphatic rings. The third-order valence-electron chi connectivity index (χ3n) is 6.40. The quantitative estimate of drug-likeness (QED) is 0.476. The van der Waals surface area contributed by atoms with Gasteiger partial charge in [-0.15, -0.1) is 0 Å². The van der Waals surface area contributed by atoms with Crippen LogP contribution in [-0.2, 0) is 14.6 Å². The van der Waals surface area contributed by atoms with E-state index in [2.05, 4.69) is 17.1 Å². The van der Waals surface area contributed by atoms with Gasteiger partial charge in [0.2, 0.25) is 0 Å². The lowest BCUT2D eigenvalue weighted by atomic mass is 10.1. The highest BCUT2D eigenvalue weighted by Gasteiger charge is 2.30. The number of carbonyl (C=O) groups excluding carboxylic acids is 1. The summed E-state index contributed by atoms with van der Waals surface area (Å²) in [6.07, 6.45) is 3.20. The van der Waals surface area contributed by atoms with Crippen LogP contribution in [0.25, 0.3) is 11.7 Å². The summed E-state index contributed by atoms with van der Waals surface area (Å²) in [7, 11) is -3.19. The van der Waals surface area contributed by atoms with Gasteiger partial charge in [-0.25, -0.2) is 13.4 Å². The Morgan fingerprint density at radius 3 is 2.68 bits per heavy atom. The van der Waals surface area contributed by atoms with Crippen LogP contribution in [-0.4, -0.2) is 78.9 Å². The number of sulfone groups is 1. The first kappa shape index (κ1) is 23.9. The van der Waals surface area contributed by atoms with Gasteiger partial charge in [0.25, 0.3) is 11.5 Å². The van der Waals surface area contributed by atoms with Crippen molar-refractivity contribution in [3.8, 4) is 6.07 Å². The average molecular weight is 485 g/mol. The van der Waals surface area contributed by atoms with E-state index in [0.717, 1.165) is 25.2 Å². The Hall–Kier alpha value is -3.23. The van der Waals surface area contributed by atoms with Crippen molar-refractivity contribution in [2.24, 2.45) is 0 Å². The lowest BCUT2D eigenvalue weighted by molar-refractivity contribution is -0.117. The lowest BCUT2D eigenvalue weighted by Crippen LogP contribution is -2.47. The molecule has 2 fully saturated rings. The molecule has 0 saturated carbocycles. The van der Waals surface area contributed by atoms with Crippen LogP contribution in [0.4, 0.5) is 5.82 Å². The average Bonchev–Trinajstić information content (AvgIpc) is 3.16. The summed E-state index contributed by atoms with van der Waals surface area (Å²) < 4.78 is 24.9. The van der Waals surface area contributed by atoms with Crippen molar-refractivity contribution in [1.29, 1.82) is 5.26 Å². The van der Waals surface area contributed by atoms with Gasteiger partial charge >= 0.3 is 0 Å². The second kappa shape index (κ2) is 9.56. The largest absolute Gasteiger partial charge is 0.353 e. The minimum atomic E-state index is -3.19. The number of nitriles is 1. The van der Waals surface area contributed by atoms with E-state index in [1.54, 1.807) is 12.3 Å². The smallest absolute Gasteiger partial charge is 0.267 e. The zero-order valence-electron chi connectivity index (χ0n) is 19.3. The van der Waals surface area contributed by atoms with E-state index in [9.17, 15) is 23.3 Å². The number of hydrogen-bond acceptors (Lipinski definition) is 8. The Bertz CT molecular complexity index is 1350. The third kappa shape index (κ3) is 4.83. The number of nitrogens with zero attached hydrogens (tertiary/aromatic N) is 5. The van der Waals surface area contributed by atoms with E-state index in [1.165, 1.54) is 10.5 Å². The fraction of sp³-hybridized carbons (Fsp3) is 0.478. The molecule has 1 amide bonds. The van der Waals surface area contributed by atoms with Gasteiger partial charge < -0.3 is 15.1 Å². The Labute approximate surface area is 198 Å². The molecule has 2 aromatic rings. The molecular formula is C23H28N6O4S. The highest BCUT2D eigenvalue weighted by atomic mass is 32.2. The second-order valence-corrected chi connectivity index (χ2v) is 10.9. The number of aryl methyl sites for hydroxylation is 1. The minimum absolute atomic E-state index is 0.00667. The molecule has 2 aliphatic heterocycles. The second-order valence-electron chi connectivity index (χ2n) is 8.70. The number of pyridine rings is 1. The molecule has 180 valence electrons. The zero-order chi connectivity index (χ0) is 24.5. The molecule has 2 aromatic heterocycles. The number of fused-ring (bicyclic) bond motifs is 1. The Morgan fingerprint density at radius 2 is 2.06 bits per heavy atom. The van der Waals surface area contributed by atoms with E-state index in [1.807, 2.05) is 24.0 Å². The fourth-order valence-corrected chi connectivity index (χ4v) is 6.08. The molecule has 0 bridgehead atoms. The Kier molecular flexibility index (Phi) is 6.72. The van der Waals surface area contributed by atoms with Gasteiger partial charge in [-0.3, -0.25) is 14.0 Å². The summed E-state index contributed by atoms with van der Waals surface area (Å²) in [5.74, 6) is -0.393. The number of anilines is 1. The van der Waals surface area contributed by atoms with Crippen LogP contribution < -0.4 is 15.8 Å². The summed E-state index contributed by atoms with van der Waals surface area (Å²) >= 11 is 0. The van der Waals surface area contributed by atoms with Crippen molar-refractivity contribution < 1.29 is 13.2 Å². The monoisotopic (exact) mass is 484 g/mol. The van der Waals surface area contributed by atoms with Crippen LogP contribution in [0.15, 0.2) is 28.7 Å². The number of nitrogens with one attached hydrogen (secondary N) is 1. The predicted molar refractivity (Wildman–Crippen MR) is 129 cm³/mol. The molecule has 0 spiro atoms. The summed E-state index contributed by atoms with van der Waals surface area (Å²) in [6, 6.07) is 4.95. The summed E-state index contributed by atoms with van der Waals surface area (Å²) in [5, 5.41) is 12.3. The van der Waals surface area contributed by atoms with Crippen molar-refractivity contribution in [3.05, 3.63) is 45.4 Å². The molecule has 10 nitrogen and oxygen atoms in total. The van der Waals surface area contributed by atoms with E-state index < -0.39 is 21.8 Å². The predicted octanol–water partition coefficient (Wildman–Crippen LogP) is 0.355. The highest BCUT2D eigenvalue weighted by molar-refractivity contribution is 7.91. The summed E-state index contributed by atoms with van der Waals surface area (Å²) in [5.41, 5.74) is 0.898. The van der Waals surface area contributed by atoms with Crippen molar-refractivity contribution in [2.75, 3.05) is 49.1 Å². The first-order chi connectivity index (χ1) is 16.2. The SMILES string of the molecule is CCN1CCN(c2nc3c(C)cccn3c(=O)c2/C=C(\C#N)C(=O)N[C@@H]2CCS(=O)(=O)C2)CC1. The van der Waals surface area contributed by atoms with Crippen LogP contribution in [0.1, 0.15) is 24.5 Å². The van der Waals surface area contributed by atoms with Crippen LogP contribution >= 0.6 is 0 Å². The Morgan fingerprint density at radius 1 is 1.32 bits per heavy atom. The van der Waals surface area contributed by atoms with Crippen LogP contribution in [0, 0.1) is 18.3 Å². The standard InChI is InChI=1S/C23H28N6O4S/c1-3-27-8-10-28(11-9-27)21-19(23(31)29-7-4-5-16(2)20(29)26-21)13-17(14-24)22(30)25-18-6-12-34(32,33)15-18/h4-5,7,13,18H,3,6,8-12,15H2,1-2H3,(H,25,30)/b17-13+/t18-/m1/s1. The number of hydrogen-bond donors (Lipinski definition) is 1. The molecule has 4 heterocycles. The summed E-state index contributed by atoms with van der Waals surface area (Å²) in [4.78, 5) is 35.4. The third-order valence-corrected chi connectivity index (χ3v) is 8.17. The van der Waals surface area contributed by atoms with Gasteiger partial charge in [0, 0.05) is 38.4 Å². The maximum absolute atomic E-state index is 13.5. The minimum Gasteiger partial charge on any atom is -0.353 e. The van der Waals surface area contributed by atoms with Crippen LogP contribution in [0.5, 0.6) is 0 Å². The molecule has 34 heavy (non-hydrogen) atoms. The maximum atomic E-state index is 13.5. The van der Waals surface area contributed by atoms with Gasteiger partial charge in [0.1, 0.15) is 23.1 Å². The van der Waals surface area contributed by atoms with E-state index in [4.69, 9.17) is 4.98 Å². The first-order valence-corrected chi connectivity index (χ1v) is 13.2.